The zero-order chi connectivity index (χ0) is 46.2. The summed E-state index contributed by atoms with van der Waals surface area (Å²) in [7, 11) is 0. The van der Waals surface area contributed by atoms with Crippen LogP contribution in [-0.4, -0.2) is 0 Å². The van der Waals surface area contributed by atoms with Crippen LogP contribution in [-0.2, 0) is 5.41 Å². The standard InChI is InChI=1S/C67H43NO2/c1-5-18-44(19-6-1)45-32-36-50(37-33-45)68(52-40-41-55-54-26-13-15-30-59(54)67(60(55)42-52,48-22-9-3-10-23-48)49-24-11-4-12-25-49)51-38-34-46(35-39-51)53-28-17-29-56-58-43-62-64(57-27-14-16-31-61(57)69-62)63(66(58)70-65(53)56)47-20-7-2-8-21-47/h1-43H. The van der Waals surface area contributed by atoms with E-state index in [1.165, 1.54) is 44.5 Å². The van der Waals surface area contributed by atoms with Gasteiger partial charge in [-0.1, -0.05) is 212 Å². The average molecular weight is 894 g/mol. The summed E-state index contributed by atoms with van der Waals surface area (Å²) < 4.78 is 13.7. The molecule has 0 radical (unpaired) electrons. The van der Waals surface area contributed by atoms with Crippen molar-refractivity contribution in [2.24, 2.45) is 0 Å². The van der Waals surface area contributed by atoms with E-state index in [0.29, 0.717) is 0 Å². The Bertz CT molecular complexity index is 4040. The molecular formula is C67H43NO2. The quantitative estimate of drug-likeness (QED) is 0.152. The van der Waals surface area contributed by atoms with Crippen LogP contribution in [0, 0.1) is 0 Å². The van der Waals surface area contributed by atoms with Gasteiger partial charge in [-0.15, -0.1) is 0 Å². The summed E-state index contributed by atoms with van der Waals surface area (Å²) in [5.74, 6) is 0. The van der Waals surface area contributed by atoms with Crippen LogP contribution < -0.4 is 4.90 Å². The van der Waals surface area contributed by atoms with E-state index in [1.807, 2.05) is 12.1 Å². The van der Waals surface area contributed by atoms with Crippen LogP contribution in [0.25, 0.3) is 88.4 Å². The van der Waals surface area contributed by atoms with E-state index < -0.39 is 5.41 Å². The Hall–Kier alpha value is -9.18. The molecule has 0 spiro atoms. The van der Waals surface area contributed by atoms with Gasteiger partial charge in [0.25, 0.3) is 0 Å². The van der Waals surface area contributed by atoms with Crippen molar-refractivity contribution in [3.8, 4) is 44.5 Å². The number of para-hydroxylation sites is 2. The van der Waals surface area contributed by atoms with Crippen LogP contribution in [0.1, 0.15) is 22.3 Å². The van der Waals surface area contributed by atoms with Gasteiger partial charge in [-0.05, 0) is 104 Å². The topological polar surface area (TPSA) is 29.5 Å². The molecule has 1 aliphatic carbocycles. The van der Waals surface area contributed by atoms with Crippen molar-refractivity contribution >= 4 is 60.9 Å². The van der Waals surface area contributed by atoms with Crippen molar-refractivity contribution in [3.63, 3.8) is 0 Å². The maximum Gasteiger partial charge on any atom is 0.144 e. The highest BCUT2D eigenvalue weighted by atomic mass is 16.3. The van der Waals surface area contributed by atoms with Crippen LogP contribution in [0.3, 0.4) is 0 Å². The fraction of sp³-hybridized carbons (Fsp3) is 0.0149. The molecule has 13 aromatic rings. The second kappa shape index (κ2) is 16.0. The summed E-state index contributed by atoms with van der Waals surface area (Å²) in [4.78, 5) is 2.40. The van der Waals surface area contributed by atoms with Gasteiger partial charge in [-0.2, -0.15) is 0 Å². The van der Waals surface area contributed by atoms with E-state index in [1.54, 1.807) is 0 Å². The third-order valence-electron chi connectivity index (χ3n) is 14.6. The minimum atomic E-state index is -0.529. The average Bonchev–Trinajstić information content (AvgIpc) is 4.10. The lowest BCUT2D eigenvalue weighted by Crippen LogP contribution is -2.28. The van der Waals surface area contributed by atoms with Crippen molar-refractivity contribution < 1.29 is 8.83 Å². The molecule has 11 aromatic carbocycles. The first kappa shape index (κ1) is 39.9. The molecule has 2 heterocycles. The van der Waals surface area contributed by atoms with Gasteiger partial charge in [0.1, 0.15) is 22.3 Å². The molecule has 3 nitrogen and oxygen atoms in total. The van der Waals surface area contributed by atoms with E-state index in [9.17, 15) is 0 Å². The summed E-state index contributed by atoms with van der Waals surface area (Å²) in [6, 6.07) is 94.1. The van der Waals surface area contributed by atoms with E-state index >= 15 is 0 Å². The Morgan fingerprint density at radius 3 is 1.53 bits per heavy atom. The van der Waals surface area contributed by atoms with Gasteiger partial charge in [0.15, 0.2) is 0 Å². The first-order chi connectivity index (χ1) is 34.7. The smallest absolute Gasteiger partial charge is 0.144 e. The van der Waals surface area contributed by atoms with Crippen LogP contribution in [0.2, 0.25) is 0 Å². The molecule has 2 aromatic heterocycles. The molecule has 328 valence electrons. The number of fused-ring (bicyclic) bond motifs is 9. The third-order valence-corrected chi connectivity index (χ3v) is 14.6. The summed E-state index contributed by atoms with van der Waals surface area (Å²) >= 11 is 0. The van der Waals surface area contributed by atoms with E-state index in [0.717, 1.165) is 83.2 Å². The van der Waals surface area contributed by atoms with Crippen molar-refractivity contribution in [2.75, 3.05) is 4.90 Å². The van der Waals surface area contributed by atoms with Gasteiger partial charge in [0, 0.05) is 49.7 Å². The molecule has 14 rings (SSSR count). The number of anilines is 3. The summed E-state index contributed by atoms with van der Waals surface area (Å²) in [5.41, 5.74) is 20.2. The van der Waals surface area contributed by atoms with Gasteiger partial charge in [-0.25, -0.2) is 0 Å². The van der Waals surface area contributed by atoms with Gasteiger partial charge in [0.05, 0.1) is 5.41 Å². The van der Waals surface area contributed by atoms with Crippen LogP contribution in [0.5, 0.6) is 0 Å². The van der Waals surface area contributed by atoms with E-state index in [4.69, 9.17) is 8.83 Å². The lowest BCUT2D eigenvalue weighted by atomic mass is 9.67. The molecule has 0 aliphatic heterocycles. The number of nitrogens with zero attached hydrogens (tertiary/aromatic N) is 1. The van der Waals surface area contributed by atoms with Gasteiger partial charge in [-0.3, -0.25) is 0 Å². The Morgan fingerprint density at radius 1 is 0.300 bits per heavy atom. The predicted molar refractivity (Wildman–Crippen MR) is 289 cm³/mol. The Morgan fingerprint density at radius 2 is 0.829 bits per heavy atom. The van der Waals surface area contributed by atoms with Crippen LogP contribution >= 0.6 is 0 Å². The highest BCUT2D eigenvalue weighted by molar-refractivity contribution is 6.24. The summed E-state index contributed by atoms with van der Waals surface area (Å²) in [6.07, 6.45) is 0. The molecule has 0 saturated heterocycles. The molecule has 1 aliphatic rings. The summed E-state index contributed by atoms with van der Waals surface area (Å²) in [5, 5.41) is 4.23. The number of rotatable bonds is 8. The predicted octanol–water partition coefficient (Wildman–Crippen LogP) is 18.3. The molecule has 0 bridgehead atoms. The highest BCUT2D eigenvalue weighted by Crippen LogP contribution is 2.57. The zero-order valence-electron chi connectivity index (χ0n) is 38.1. The Kier molecular flexibility index (Phi) is 9.11. The first-order valence-corrected chi connectivity index (χ1v) is 24.0. The number of hydrogen-bond donors (Lipinski definition) is 0. The van der Waals surface area contributed by atoms with E-state index in [2.05, 4.69) is 254 Å². The molecule has 0 amide bonds. The van der Waals surface area contributed by atoms with Gasteiger partial charge < -0.3 is 13.7 Å². The zero-order valence-corrected chi connectivity index (χ0v) is 38.1. The van der Waals surface area contributed by atoms with Crippen LogP contribution in [0.4, 0.5) is 17.1 Å². The lowest BCUT2D eigenvalue weighted by molar-refractivity contribution is 0.665. The number of hydrogen-bond acceptors (Lipinski definition) is 3. The largest absolute Gasteiger partial charge is 0.456 e. The van der Waals surface area contributed by atoms with Crippen LogP contribution in [0.15, 0.2) is 270 Å². The maximum atomic E-state index is 7.12. The molecule has 0 saturated carbocycles. The molecule has 3 heteroatoms. The minimum Gasteiger partial charge on any atom is -0.456 e. The molecule has 0 N–H and O–H groups in total. The van der Waals surface area contributed by atoms with Crippen molar-refractivity contribution in [1.29, 1.82) is 0 Å². The maximum absolute atomic E-state index is 7.12. The molecule has 70 heavy (non-hydrogen) atoms. The van der Waals surface area contributed by atoms with Gasteiger partial charge >= 0.3 is 0 Å². The van der Waals surface area contributed by atoms with E-state index in [-0.39, 0.29) is 0 Å². The monoisotopic (exact) mass is 893 g/mol. The Balaban J connectivity index is 0.942. The normalized spacial score (nSPS) is 12.7. The minimum absolute atomic E-state index is 0.529. The van der Waals surface area contributed by atoms with Gasteiger partial charge in [0.2, 0.25) is 0 Å². The highest BCUT2D eigenvalue weighted by Gasteiger charge is 2.46. The second-order valence-corrected chi connectivity index (χ2v) is 18.3. The summed E-state index contributed by atoms with van der Waals surface area (Å²) in [6.45, 7) is 0. The Labute approximate surface area is 405 Å². The molecule has 0 unspecified atom stereocenters. The molecule has 0 atom stereocenters. The number of benzene rings is 11. The van der Waals surface area contributed by atoms with Crippen molar-refractivity contribution in [2.45, 2.75) is 5.41 Å². The van der Waals surface area contributed by atoms with Crippen molar-refractivity contribution in [1.82, 2.24) is 0 Å². The van der Waals surface area contributed by atoms with Crippen molar-refractivity contribution in [3.05, 3.63) is 283 Å². The lowest BCUT2D eigenvalue weighted by Gasteiger charge is -2.35. The third kappa shape index (κ3) is 6.08. The SMILES string of the molecule is c1ccc(-c2ccc(N(c3ccc(-c4cccc5c4oc4c(-c6ccccc6)c6c(cc45)oc4ccccc46)cc3)c3ccc4c(c3)C(c3ccccc3)(c3ccccc3)c3ccccc3-4)cc2)cc1. The first-order valence-electron chi connectivity index (χ1n) is 24.0. The molecule has 0 fully saturated rings. The second-order valence-electron chi connectivity index (χ2n) is 18.3. The number of furan rings is 2. The molecular weight excluding hydrogens is 851 g/mol. The fourth-order valence-electron chi connectivity index (χ4n) is 11.5. The fourth-order valence-corrected chi connectivity index (χ4v) is 11.5.